The summed E-state index contributed by atoms with van der Waals surface area (Å²) in [6.07, 6.45) is 0.957. The van der Waals surface area contributed by atoms with Crippen molar-refractivity contribution in [3.63, 3.8) is 0 Å². The molecule has 0 spiro atoms. The van der Waals surface area contributed by atoms with Gasteiger partial charge in [0.2, 0.25) is 5.91 Å². The minimum Gasteiger partial charge on any atom is -0.325 e. The van der Waals surface area contributed by atoms with Crippen LogP contribution in [0.1, 0.15) is 42.7 Å². The number of ketones is 1. The molecule has 176 valence electrons. The summed E-state index contributed by atoms with van der Waals surface area (Å²) < 4.78 is 13.7. The van der Waals surface area contributed by atoms with Crippen molar-refractivity contribution < 1.29 is 14.0 Å². The maximum Gasteiger partial charge on any atom is 0.234 e. The fourth-order valence-corrected chi connectivity index (χ4v) is 5.46. The minimum atomic E-state index is -0.755. The number of anilines is 1. The molecule has 5 rings (SSSR count). The molecule has 0 saturated carbocycles. The van der Waals surface area contributed by atoms with E-state index in [4.69, 9.17) is 16.6 Å². The van der Waals surface area contributed by atoms with Crippen molar-refractivity contribution in [1.29, 1.82) is 0 Å². The highest BCUT2D eigenvalue weighted by Gasteiger charge is 2.44. The molecule has 1 aliphatic heterocycles. The van der Waals surface area contributed by atoms with E-state index in [1.165, 1.54) is 18.2 Å². The van der Waals surface area contributed by atoms with Crippen LogP contribution in [0.2, 0.25) is 5.02 Å². The number of nitrogens with one attached hydrogen (secondary N) is 1. The van der Waals surface area contributed by atoms with E-state index in [0.717, 1.165) is 5.56 Å². The molecule has 2 aliphatic rings. The van der Waals surface area contributed by atoms with Gasteiger partial charge < -0.3 is 5.32 Å². The quantitative estimate of drug-likeness (QED) is 0.446. The van der Waals surface area contributed by atoms with Crippen LogP contribution in [0.5, 0.6) is 0 Å². The van der Waals surface area contributed by atoms with Gasteiger partial charge in [-0.25, -0.2) is 4.39 Å². The summed E-state index contributed by atoms with van der Waals surface area (Å²) in [6.45, 7) is 1.81. The predicted octanol–water partition coefficient (Wildman–Crippen LogP) is 6.69. The largest absolute Gasteiger partial charge is 0.325 e. The number of nitrogens with zero attached hydrogens (tertiary/aromatic N) is 1. The molecule has 3 aromatic rings. The molecule has 4 nitrogen and oxygen atoms in total. The lowest BCUT2D eigenvalue weighted by Gasteiger charge is -2.37. The van der Waals surface area contributed by atoms with E-state index in [1.807, 2.05) is 48.5 Å². The lowest BCUT2D eigenvalue weighted by molar-refractivity contribution is -0.119. The molecule has 0 saturated heterocycles. The monoisotopic (exact) mass is 486 g/mol. The van der Waals surface area contributed by atoms with E-state index in [1.54, 1.807) is 19.1 Å². The molecule has 1 N–H and O–H groups in total. The van der Waals surface area contributed by atoms with E-state index in [2.05, 4.69) is 5.32 Å². The van der Waals surface area contributed by atoms with Crippen LogP contribution in [0.25, 0.3) is 0 Å². The number of benzene rings is 3. The van der Waals surface area contributed by atoms with Crippen LogP contribution in [0.3, 0.4) is 0 Å². The zero-order valence-electron chi connectivity index (χ0n) is 19.2. The summed E-state index contributed by atoms with van der Waals surface area (Å²) in [4.78, 5) is 32.0. The average Bonchev–Trinajstić information content (AvgIpc) is 2.84. The first-order chi connectivity index (χ1) is 16.9. The fourth-order valence-electron chi connectivity index (χ4n) is 5.21. The summed E-state index contributed by atoms with van der Waals surface area (Å²) in [6, 6.07) is 23.0. The van der Waals surface area contributed by atoms with Gasteiger partial charge in [0.05, 0.1) is 5.92 Å². The molecule has 6 heteroatoms. The number of aliphatic imine (C=N–C) groups is 1. The summed E-state index contributed by atoms with van der Waals surface area (Å²) in [5.74, 6) is -2.12. The molecule has 1 aliphatic carbocycles. The third-order valence-corrected chi connectivity index (χ3v) is 7.12. The van der Waals surface area contributed by atoms with Crippen LogP contribution >= 0.6 is 11.6 Å². The van der Waals surface area contributed by atoms with E-state index in [0.29, 0.717) is 46.1 Å². The SMILES string of the molecule is CC1=NC2=C(C(=O)C[C@@H](c3ccccc3)C2)[C@H](c2ccccc2Cl)C1C(=O)Nc1cccc(F)c1. The Hall–Kier alpha value is -3.57. The maximum atomic E-state index is 13.7. The Morgan fingerprint density at radius 2 is 1.74 bits per heavy atom. The van der Waals surface area contributed by atoms with Crippen LogP contribution in [-0.2, 0) is 9.59 Å². The zero-order valence-corrected chi connectivity index (χ0v) is 19.9. The first kappa shape index (κ1) is 23.2. The molecule has 3 aromatic carbocycles. The number of rotatable bonds is 4. The Morgan fingerprint density at radius 1 is 1.00 bits per heavy atom. The molecule has 0 bridgehead atoms. The van der Waals surface area contributed by atoms with Crippen LogP contribution < -0.4 is 5.32 Å². The topological polar surface area (TPSA) is 58.5 Å². The average molecular weight is 487 g/mol. The van der Waals surface area contributed by atoms with Gasteiger partial charge in [0.15, 0.2) is 5.78 Å². The number of hydrogen-bond donors (Lipinski definition) is 1. The van der Waals surface area contributed by atoms with Crippen molar-refractivity contribution in [1.82, 2.24) is 0 Å². The highest BCUT2D eigenvalue weighted by molar-refractivity contribution is 6.31. The molecule has 1 unspecified atom stereocenters. The highest BCUT2D eigenvalue weighted by Crippen LogP contribution is 2.48. The number of amides is 1. The standard InChI is InChI=1S/C29H24ClFN2O2/c1-17-26(29(35)33-21-11-7-10-20(31)16-21)27(22-12-5-6-13-23(22)30)28-24(32-17)14-19(15-25(28)34)18-8-3-2-4-9-18/h2-13,16,19,26-27H,14-15H2,1H3,(H,33,35)/t19-,26?,27+/m0/s1. The molecule has 35 heavy (non-hydrogen) atoms. The molecule has 1 heterocycles. The first-order valence-corrected chi connectivity index (χ1v) is 12.0. The van der Waals surface area contributed by atoms with Gasteiger partial charge in [0.1, 0.15) is 5.82 Å². The van der Waals surface area contributed by atoms with Crippen molar-refractivity contribution in [3.8, 4) is 0 Å². The van der Waals surface area contributed by atoms with Crippen LogP contribution in [0.4, 0.5) is 10.1 Å². The lowest BCUT2D eigenvalue weighted by Crippen LogP contribution is -2.39. The molecule has 1 amide bonds. The molecular formula is C29H24ClFN2O2. The van der Waals surface area contributed by atoms with Crippen molar-refractivity contribution in [2.24, 2.45) is 10.9 Å². The number of Topliss-reactive ketones (excluding diaryl/α,β-unsaturated/α-hetero) is 1. The van der Waals surface area contributed by atoms with Gasteiger partial charge in [0, 0.05) is 40.0 Å². The Kier molecular flexibility index (Phi) is 6.35. The summed E-state index contributed by atoms with van der Waals surface area (Å²) in [5, 5.41) is 3.30. The first-order valence-electron chi connectivity index (χ1n) is 11.6. The zero-order chi connectivity index (χ0) is 24.5. The van der Waals surface area contributed by atoms with E-state index in [-0.39, 0.29) is 17.6 Å². The molecule has 0 aromatic heterocycles. The van der Waals surface area contributed by atoms with Crippen molar-refractivity contribution in [2.75, 3.05) is 5.32 Å². The Morgan fingerprint density at radius 3 is 2.49 bits per heavy atom. The number of allylic oxidation sites excluding steroid dienone is 2. The number of carbonyl (C=O) groups excluding carboxylic acids is 2. The van der Waals surface area contributed by atoms with Crippen LogP contribution in [-0.4, -0.2) is 17.4 Å². The van der Waals surface area contributed by atoms with E-state index in [9.17, 15) is 14.0 Å². The third-order valence-electron chi connectivity index (χ3n) is 6.77. The van der Waals surface area contributed by atoms with Crippen molar-refractivity contribution in [2.45, 2.75) is 31.6 Å². The molecule has 0 fully saturated rings. The van der Waals surface area contributed by atoms with Crippen molar-refractivity contribution in [3.05, 3.63) is 112 Å². The smallest absolute Gasteiger partial charge is 0.234 e. The third kappa shape index (κ3) is 4.56. The minimum absolute atomic E-state index is 0.0233. The summed E-state index contributed by atoms with van der Waals surface area (Å²) in [7, 11) is 0. The maximum absolute atomic E-state index is 13.7. The number of carbonyl (C=O) groups is 2. The lowest BCUT2D eigenvalue weighted by atomic mass is 9.69. The second-order valence-corrected chi connectivity index (χ2v) is 9.44. The predicted molar refractivity (Wildman–Crippen MR) is 136 cm³/mol. The van der Waals surface area contributed by atoms with E-state index >= 15 is 0 Å². The van der Waals surface area contributed by atoms with Gasteiger partial charge in [-0.3, -0.25) is 14.6 Å². The molecule has 3 atom stereocenters. The highest BCUT2D eigenvalue weighted by atomic mass is 35.5. The normalized spacial score (nSPS) is 21.9. The summed E-state index contributed by atoms with van der Waals surface area (Å²) >= 11 is 6.60. The Balaban J connectivity index is 1.58. The Bertz CT molecular complexity index is 1370. The van der Waals surface area contributed by atoms with Gasteiger partial charge in [0.25, 0.3) is 0 Å². The van der Waals surface area contributed by atoms with Crippen LogP contribution in [0, 0.1) is 11.7 Å². The molecular weight excluding hydrogens is 463 g/mol. The molecule has 0 radical (unpaired) electrons. The van der Waals surface area contributed by atoms with Gasteiger partial charge in [-0.15, -0.1) is 0 Å². The number of hydrogen-bond acceptors (Lipinski definition) is 3. The van der Waals surface area contributed by atoms with Gasteiger partial charge in [-0.2, -0.15) is 0 Å². The second kappa shape index (κ2) is 9.59. The number of halogens is 2. The fraction of sp³-hybridized carbons (Fsp3) is 0.207. The van der Waals surface area contributed by atoms with Crippen molar-refractivity contribution >= 4 is 34.7 Å². The van der Waals surface area contributed by atoms with Crippen LogP contribution in [0.15, 0.2) is 95.1 Å². The Labute approximate surface area is 208 Å². The second-order valence-electron chi connectivity index (χ2n) is 9.03. The van der Waals surface area contributed by atoms with Gasteiger partial charge in [-0.1, -0.05) is 66.2 Å². The van der Waals surface area contributed by atoms with Gasteiger partial charge in [-0.05, 0) is 54.7 Å². The summed E-state index contributed by atoms with van der Waals surface area (Å²) in [5.41, 5.74) is 4.02. The van der Waals surface area contributed by atoms with E-state index < -0.39 is 17.7 Å². The van der Waals surface area contributed by atoms with Gasteiger partial charge >= 0.3 is 0 Å².